The fourth-order valence-corrected chi connectivity index (χ4v) is 4.47. The number of pyridine rings is 1. The van der Waals surface area contributed by atoms with E-state index in [9.17, 15) is 4.39 Å². The smallest absolute Gasteiger partial charge is 0.192 e. The molecule has 1 atom stereocenters. The first-order valence-corrected chi connectivity index (χ1v) is 10.6. The Morgan fingerprint density at radius 2 is 2.11 bits per heavy atom. The Kier molecular flexibility index (Phi) is 5.66. The van der Waals surface area contributed by atoms with E-state index < -0.39 is 0 Å². The Labute approximate surface area is 175 Å². The lowest BCUT2D eigenvalue weighted by Gasteiger charge is -2.19. The van der Waals surface area contributed by atoms with Crippen LogP contribution in [0.25, 0.3) is 10.8 Å². The van der Waals surface area contributed by atoms with Gasteiger partial charge in [-0.1, -0.05) is 29.8 Å². The van der Waals surface area contributed by atoms with Crippen LogP contribution >= 0.6 is 34.9 Å². The molecule has 0 saturated heterocycles. The van der Waals surface area contributed by atoms with E-state index in [0.29, 0.717) is 20.7 Å². The van der Waals surface area contributed by atoms with Gasteiger partial charge in [0.25, 0.3) is 0 Å². The zero-order valence-electron chi connectivity index (χ0n) is 14.8. The normalized spacial score (nSPS) is 12.1. The number of anilines is 2. The predicted octanol–water partition coefficient (Wildman–Crippen LogP) is 6.78. The fraction of sp³-hybridized carbons (Fsp3) is 0.100. The van der Waals surface area contributed by atoms with Gasteiger partial charge in [0.15, 0.2) is 5.13 Å². The van der Waals surface area contributed by atoms with E-state index in [1.807, 2.05) is 42.8 Å². The maximum absolute atomic E-state index is 14.6. The van der Waals surface area contributed by atoms with Gasteiger partial charge in [0.1, 0.15) is 5.82 Å². The first-order valence-electron chi connectivity index (χ1n) is 8.52. The minimum absolute atomic E-state index is 0.0725. The van der Waals surface area contributed by atoms with Crippen molar-refractivity contribution in [3.8, 4) is 0 Å². The molecule has 0 aliphatic heterocycles. The Hall–Kier alpha value is -2.35. The highest BCUT2D eigenvalue weighted by Gasteiger charge is 2.14. The van der Waals surface area contributed by atoms with Crippen LogP contribution in [0.5, 0.6) is 0 Å². The molecule has 0 radical (unpaired) electrons. The molecule has 142 valence electrons. The van der Waals surface area contributed by atoms with Crippen LogP contribution < -0.4 is 10.0 Å². The molecule has 4 nitrogen and oxygen atoms in total. The highest BCUT2D eigenvalue weighted by atomic mass is 35.5. The third-order valence-electron chi connectivity index (χ3n) is 4.26. The zero-order valence-corrected chi connectivity index (χ0v) is 17.2. The summed E-state index contributed by atoms with van der Waals surface area (Å²) in [6.45, 7) is 2.02. The van der Waals surface area contributed by atoms with Crippen LogP contribution in [0.4, 0.5) is 15.2 Å². The molecule has 0 aliphatic rings. The summed E-state index contributed by atoms with van der Waals surface area (Å²) in [5.41, 5.74) is 1.62. The van der Waals surface area contributed by atoms with Crippen LogP contribution in [0.2, 0.25) is 5.02 Å². The predicted molar refractivity (Wildman–Crippen MR) is 117 cm³/mol. The van der Waals surface area contributed by atoms with Crippen molar-refractivity contribution in [1.29, 1.82) is 0 Å². The maximum Gasteiger partial charge on any atom is 0.192 e. The summed E-state index contributed by atoms with van der Waals surface area (Å²) in [4.78, 5) is 8.74. The first kappa shape index (κ1) is 19.0. The maximum atomic E-state index is 14.6. The van der Waals surface area contributed by atoms with E-state index in [-0.39, 0.29) is 11.9 Å². The number of nitrogens with zero attached hydrogens (tertiary/aromatic N) is 2. The molecular formula is C20H16ClFN4S2. The number of rotatable bonds is 6. The number of thiazole rings is 1. The summed E-state index contributed by atoms with van der Waals surface area (Å²) in [5.74, 6) is -0.354. The van der Waals surface area contributed by atoms with Crippen molar-refractivity contribution in [1.82, 2.24) is 9.97 Å². The molecule has 0 spiro atoms. The average Bonchev–Trinajstić information content (AvgIpc) is 3.22. The number of halogens is 2. The molecule has 0 fully saturated rings. The number of benzene rings is 2. The molecule has 0 aliphatic carbocycles. The van der Waals surface area contributed by atoms with Gasteiger partial charge in [-0.05, 0) is 48.0 Å². The summed E-state index contributed by atoms with van der Waals surface area (Å²) >= 11 is 9.01. The van der Waals surface area contributed by atoms with E-state index in [4.69, 9.17) is 11.6 Å². The summed E-state index contributed by atoms with van der Waals surface area (Å²) in [6, 6.07) is 11.0. The van der Waals surface area contributed by atoms with Gasteiger partial charge in [-0.15, -0.1) is 11.3 Å². The molecule has 0 saturated carbocycles. The molecular weight excluding hydrogens is 415 g/mol. The number of aromatic nitrogens is 2. The van der Waals surface area contributed by atoms with Crippen LogP contribution in [-0.2, 0) is 0 Å². The molecule has 1 unspecified atom stereocenters. The van der Waals surface area contributed by atoms with Gasteiger partial charge in [-0.3, -0.25) is 4.98 Å². The SMILES string of the molecule is CC(Nc1cc(F)c(SNc2nccs2)cc1Cl)c1cccc2ccncc12. The summed E-state index contributed by atoms with van der Waals surface area (Å²) in [6.07, 6.45) is 5.30. The van der Waals surface area contributed by atoms with Crippen molar-refractivity contribution in [3.63, 3.8) is 0 Å². The molecule has 28 heavy (non-hydrogen) atoms. The molecule has 4 rings (SSSR count). The topological polar surface area (TPSA) is 49.8 Å². The Balaban J connectivity index is 1.55. The van der Waals surface area contributed by atoms with E-state index in [1.54, 1.807) is 18.5 Å². The Morgan fingerprint density at radius 3 is 2.93 bits per heavy atom. The highest BCUT2D eigenvalue weighted by Crippen LogP contribution is 2.34. The molecule has 2 aromatic carbocycles. The van der Waals surface area contributed by atoms with Gasteiger partial charge in [-0.25, -0.2) is 9.37 Å². The number of nitrogens with one attached hydrogen (secondary N) is 2. The summed E-state index contributed by atoms with van der Waals surface area (Å²) < 4.78 is 17.6. The summed E-state index contributed by atoms with van der Waals surface area (Å²) in [7, 11) is 0. The van der Waals surface area contributed by atoms with E-state index in [2.05, 4.69) is 20.0 Å². The third-order valence-corrected chi connectivity index (χ3v) is 6.22. The zero-order chi connectivity index (χ0) is 19.5. The van der Waals surface area contributed by atoms with Gasteiger partial charge >= 0.3 is 0 Å². The second-order valence-corrected chi connectivity index (χ2v) is 8.26. The van der Waals surface area contributed by atoms with Gasteiger partial charge in [0.2, 0.25) is 0 Å². The van der Waals surface area contributed by atoms with Gasteiger partial charge in [-0.2, -0.15) is 0 Å². The molecule has 2 N–H and O–H groups in total. The lowest BCUT2D eigenvalue weighted by atomic mass is 10.0. The molecule has 0 bridgehead atoms. The molecule has 8 heteroatoms. The van der Waals surface area contributed by atoms with Crippen molar-refractivity contribution in [2.45, 2.75) is 17.9 Å². The Morgan fingerprint density at radius 1 is 1.21 bits per heavy atom. The molecule has 0 amide bonds. The van der Waals surface area contributed by atoms with Crippen LogP contribution in [0.3, 0.4) is 0 Å². The van der Waals surface area contributed by atoms with Crippen molar-refractivity contribution < 1.29 is 4.39 Å². The second kappa shape index (κ2) is 8.34. The monoisotopic (exact) mass is 430 g/mol. The van der Waals surface area contributed by atoms with E-state index >= 15 is 0 Å². The van der Waals surface area contributed by atoms with E-state index in [1.165, 1.54) is 17.4 Å². The summed E-state index contributed by atoms with van der Waals surface area (Å²) in [5, 5.41) is 8.50. The van der Waals surface area contributed by atoms with Crippen LogP contribution in [0.15, 0.2) is 65.3 Å². The van der Waals surface area contributed by atoms with Crippen molar-refractivity contribution in [2.24, 2.45) is 0 Å². The van der Waals surface area contributed by atoms with Crippen LogP contribution in [-0.4, -0.2) is 9.97 Å². The number of hydrogen-bond acceptors (Lipinski definition) is 6. The van der Waals surface area contributed by atoms with Crippen molar-refractivity contribution in [2.75, 3.05) is 10.0 Å². The van der Waals surface area contributed by atoms with E-state index in [0.717, 1.165) is 28.3 Å². The molecule has 2 aromatic heterocycles. The first-order chi connectivity index (χ1) is 13.6. The van der Waals surface area contributed by atoms with Crippen LogP contribution in [0, 0.1) is 5.82 Å². The van der Waals surface area contributed by atoms with Crippen molar-refractivity contribution >= 4 is 56.5 Å². The number of hydrogen-bond donors (Lipinski definition) is 2. The lowest BCUT2D eigenvalue weighted by Crippen LogP contribution is -2.08. The quantitative estimate of drug-likeness (QED) is 0.330. The number of fused-ring (bicyclic) bond motifs is 1. The highest BCUT2D eigenvalue weighted by molar-refractivity contribution is 8.00. The van der Waals surface area contributed by atoms with Gasteiger partial charge < -0.3 is 10.0 Å². The van der Waals surface area contributed by atoms with Crippen LogP contribution in [0.1, 0.15) is 18.5 Å². The molecule has 2 heterocycles. The van der Waals surface area contributed by atoms with Gasteiger partial charge in [0.05, 0.1) is 15.6 Å². The van der Waals surface area contributed by atoms with Crippen molar-refractivity contribution in [3.05, 3.63) is 76.8 Å². The standard InChI is InChI=1S/C20H16ClFN4S2/c1-12(14-4-2-3-13-5-6-23-11-15(13)14)25-18-10-17(22)19(9-16(18)21)28-26-20-24-7-8-27-20/h2-12,25H,1H3,(H,24,26). The minimum Gasteiger partial charge on any atom is -0.377 e. The van der Waals surface area contributed by atoms with Gasteiger partial charge in [0, 0.05) is 35.4 Å². The second-order valence-electron chi connectivity index (χ2n) is 6.11. The Bertz CT molecular complexity index is 1100. The largest absolute Gasteiger partial charge is 0.377 e. The molecule has 4 aromatic rings. The fourth-order valence-electron chi connectivity index (χ4n) is 2.92. The minimum atomic E-state index is -0.354. The third kappa shape index (κ3) is 4.06. The average molecular weight is 431 g/mol. The lowest BCUT2D eigenvalue weighted by molar-refractivity contribution is 0.602.